The van der Waals surface area contributed by atoms with Crippen LogP contribution in [0.1, 0.15) is 11.4 Å². The lowest BCUT2D eigenvalue weighted by Gasteiger charge is -2.42. The number of nitrogens with zero attached hydrogens (tertiary/aromatic N) is 3. The molecule has 1 fully saturated rings. The Bertz CT molecular complexity index is 682. The normalized spacial score (nSPS) is 21.4. The summed E-state index contributed by atoms with van der Waals surface area (Å²) in [6.07, 6.45) is 2.03. The Morgan fingerprint density at radius 1 is 1.35 bits per heavy atom. The molecule has 0 bridgehead atoms. The van der Waals surface area contributed by atoms with E-state index in [0.717, 1.165) is 5.82 Å². The highest BCUT2D eigenvalue weighted by Crippen LogP contribution is 2.26. The van der Waals surface area contributed by atoms with Crippen molar-refractivity contribution >= 4 is 5.82 Å². The molecular formula is C17H20FN3O2. The molecule has 0 saturated carbocycles. The highest BCUT2D eigenvalue weighted by atomic mass is 19.1. The first-order chi connectivity index (χ1) is 11.1. The number of aliphatic hydroxyl groups is 1. The van der Waals surface area contributed by atoms with Crippen molar-refractivity contribution < 1.29 is 14.2 Å². The van der Waals surface area contributed by atoms with E-state index < -0.39 is 5.60 Å². The Labute approximate surface area is 134 Å². The molecule has 1 aliphatic rings. The van der Waals surface area contributed by atoms with Crippen LogP contribution >= 0.6 is 0 Å². The summed E-state index contributed by atoms with van der Waals surface area (Å²) in [6, 6.07) is 8.43. The van der Waals surface area contributed by atoms with Crippen molar-refractivity contribution in [3.63, 3.8) is 0 Å². The topological polar surface area (TPSA) is 58.5 Å². The summed E-state index contributed by atoms with van der Waals surface area (Å²) in [7, 11) is 0. The maximum absolute atomic E-state index is 14.0. The fourth-order valence-electron chi connectivity index (χ4n) is 2.91. The second kappa shape index (κ2) is 6.60. The number of halogens is 1. The number of ether oxygens (including phenoxy) is 1. The minimum Gasteiger partial charge on any atom is -0.393 e. The second-order valence-electron chi connectivity index (χ2n) is 5.84. The first-order valence-electron chi connectivity index (χ1n) is 7.65. The Kier molecular flexibility index (Phi) is 4.54. The molecule has 23 heavy (non-hydrogen) atoms. The molecule has 0 spiro atoms. The van der Waals surface area contributed by atoms with Crippen molar-refractivity contribution in [3.8, 4) is 0 Å². The summed E-state index contributed by atoms with van der Waals surface area (Å²) < 4.78 is 19.8. The summed E-state index contributed by atoms with van der Waals surface area (Å²) in [5.41, 5.74) is -0.290. The van der Waals surface area contributed by atoms with Gasteiger partial charge in [-0.2, -0.15) is 0 Å². The van der Waals surface area contributed by atoms with Crippen LogP contribution < -0.4 is 4.90 Å². The van der Waals surface area contributed by atoms with E-state index in [0.29, 0.717) is 37.5 Å². The van der Waals surface area contributed by atoms with Crippen molar-refractivity contribution in [2.75, 3.05) is 31.2 Å². The zero-order chi connectivity index (χ0) is 16.3. The first-order valence-corrected chi connectivity index (χ1v) is 7.65. The lowest BCUT2D eigenvalue weighted by atomic mass is 9.92. The van der Waals surface area contributed by atoms with Gasteiger partial charge in [0.25, 0.3) is 0 Å². The zero-order valence-electron chi connectivity index (χ0n) is 13.1. The highest BCUT2D eigenvalue weighted by molar-refractivity contribution is 5.39. The summed E-state index contributed by atoms with van der Waals surface area (Å²) >= 11 is 0. The number of anilines is 1. The molecule has 0 amide bonds. The lowest BCUT2D eigenvalue weighted by molar-refractivity contribution is -0.0873. The third kappa shape index (κ3) is 3.48. The predicted molar refractivity (Wildman–Crippen MR) is 84.9 cm³/mol. The molecule has 6 heteroatoms. The highest BCUT2D eigenvalue weighted by Gasteiger charge is 2.37. The van der Waals surface area contributed by atoms with E-state index in [9.17, 15) is 9.50 Å². The van der Waals surface area contributed by atoms with Gasteiger partial charge in [-0.05, 0) is 24.6 Å². The lowest BCUT2D eigenvalue weighted by Crippen LogP contribution is -2.55. The van der Waals surface area contributed by atoms with E-state index in [2.05, 4.69) is 14.9 Å². The SMILES string of the molecule is Cc1nccc(N2CCOC(CO)(Cc3ccccc3F)C2)n1. The first kappa shape index (κ1) is 15.8. The maximum Gasteiger partial charge on any atom is 0.132 e. The third-order valence-electron chi connectivity index (χ3n) is 4.09. The maximum atomic E-state index is 14.0. The minimum absolute atomic E-state index is 0.179. The van der Waals surface area contributed by atoms with E-state index in [4.69, 9.17) is 4.74 Å². The van der Waals surface area contributed by atoms with Crippen LogP contribution in [0, 0.1) is 12.7 Å². The molecule has 1 aliphatic heterocycles. The summed E-state index contributed by atoms with van der Waals surface area (Å²) in [5.74, 6) is 1.21. The zero-order valence-corrected chi connectivity index (χ0v) is 13.1. The summed E-state index contributed by atoms with van der Waals surface area (Å²) in [5, 5.41) is 9.91. The number of benzene rings is 1. The number of morpholine rings is 1. The average molecular weight is 317 g/mol. The van der Waals surface area contributed by atoms with Crippen LogP contribution in [0.2, 0.25) is 0 Å². The number of hydrogen-bond donors (Lipinski definition) is 1. The van der Waals surface area contributed by atoms with Gasteiger partial charge in [0, 0.05) is 19.2 Å². The predicted octanol–water partition coefficient (Wildman–Crippen LogP) is 1.73. The Morgan fingerprint density at radius 3 is 2.91 bits per heavy atom. The summed E-state index contributed by atoms with van der Waals surface area (Å²) in [4.78, 5) is 10.6. The smallest absolute Gasteiger partial charge is 0.132 e. The van der Waals surface area contributed by atoms with Gasteiger partial charge in [-0.15, -0.1) is 0 Å². The largest absolute Gasteiger partial charge is 0.393 e. The molecule has 1 N–H and O–H groups in total. The van der Waals surface area contributed by atoms with Gasteiger partial charge in [-0.1, -0.05) is 18.2 Å². The molecule has 3 rings (SSSR count). The van der Waals surface area contributed by atoms with Crippen molar-refractivity contribution in [1.82, 2.24) is 9.97 Å². The van der Waals surface area contributed by atoms with Gasteiger partial charge < -0.3 is 14.7 Å². The minimum atomic E-state index is -0.834. The van der Waals surface area contributed by atoms with Gasteiger partial charge in [-0.3, -0.25) is 0 Å². The van der Waals surface area contributed by atoms with E-state index in [-0.39, 0.29) is 12.4 Å². The Morgan fingerprint density at radius 2 is 2.17 bits per heavy atom. The van der Waals surface area contributed by atoms with Crippen LogP contribution in [0.25, 0.3) is 0 Å². The number of aliphatic hydroxyl groups excluding tert-OH is 1. The molecular weight excluding hydrogens is 297 g/mol. The molecule has 122 valence electrons. The van der Waals surface area contributed by atoms with E-state index >= 15 is 0 Å². The van der Waals surface area contributed by atoms with Crippen molar-refractivity contribution in [2.24, 2.45) is 0 Å². The number of aromatic nitrogens is 2. The van der Waals surface area contributed by atoms with Gasteiger partial charge in [0.2, 0.25) is 0 Å². The fraction of sp³-hybridized carbons (Fsp3) is 0.412. The van der Waals surface area contributed by atoms with E-state index in [1.807, 2.05) is 13.0 Å². The van der Waals surface area contributed by atoms with Crippen LogP contribution in [0.15, 0.2) is 36.5 Å². The monoisotopic (exact) mass is 317 g/mol. The van der Waals surface area contributed by atoms with E-state index in [1.54, 1.807) is 24.4 Å². The molecule has 0 radical (unpaired) electrons. The van der Waals surface area contributed by atoms with E-state index in [1.165, 1.54) is 6.07 Å². The van der Waals surface area contributed by atoms with Crippen molar-refractivity contribution in [1.29, 1.82) is 0 Å². The van der Waals surface area contributed by atoms with Gasteiger partial charge in [0.15, 0.2) is 0 Å². The Hall–Kier alpha value is -2.05. The molecule has 0 aliphatic carbocycles. The molecule has 1 saturated heterocycles. The number of hydrogen-bond acceptors (Lipinski definition) is 5. The quantitative estimate of drug-likeness (QED) is 0.931. The van der Waals surface area contributed by atoms with Gasteiger partial charge >= 0.3 is 0 Å². The van der Waals surface area contributed by atoms with Crippen molar-refractivity contribution in [2.45, 2.75) is 18.9 Å². The second-order valence-corrected chi connectivity index (χ2v) is 5.84. The average Bonchev–Trinajstić information content (AvgIpc) is 2.57. The number of rotatable bonds is 4. The van der Waals surface area contributed by atoms with Gasteiger partial charge in [0.1, 0.15) is 23.1 Å². The Balaban J connectivity index is 1.83. The molecule has 1 aromatic heterocycles. The van der Waals surface area contributed by atoms with Crippen LogP contribution in [0.3, 0.4) is 0 Å². The molecule has 2 heterocycles. The van der Waals surface area contributed by atoms with Crippen LogP contribution in [-0.2, 0) is 11.2 Å². The fourth-order valence-corrected chi connectivity index (χ4v) is 2.91. The molecule has 1 aromatic carbocycles. The van der Waals surface area contributed by atoms with Gasteiger partial charge in [-0.25, -0.2) is 14.4 Å². The standard InChI is InChI=1S/C17H20FN3O2/c1-13-19-7-6-16(20-13)21-8-9-23-17(11-21,12-22)10-14-4-2-3-5-15(14)18/h2-7,22H,8-12H2,1H3. The van der Waals surface area contributed by atoms with Crippen molar-refractivity contribution in [3.05, 3.63) is 53.7 Å². The van der Waals surface area contributed by atoms with Crippen LogP contribution in [-0.4, -0.2) is 47.0 Å². The third-order valence-corrected chi connectivity index (χ3v) is 4.09. The van der Waals surface area contributed by atoms with Crippen LogP contribution in [0.4, 0.5) is 10.2 Å². The molecule has 1 unspecified atom stereocenters. The van der Waals surface area contributed by atoms with Gasteiger partial charge in [0.05, 0.1) is 19.8 Å². The molecule has 2 aromatic rings. The number of aryl methyl sites for hydroxylation is 1. The molecule has 5 nitrogen and oxygen atoms in total. The molecule has 1 atom stereocenters. The summed E-state index contributed by atoms with van der Waals surface area (Å²) in [6.45, 7) is 3.24. The van der Waals surface area contributed by atoms with Crippen LogP contribution in [0.5, 0.6) is 0 Å².